The Labute approximate surface area is 87.6 Å². The molecule has 0 aromatic heterocycles. The van der Waals surface area contributed by atoms with Gasteiger partial charge in [0.15, 0.2) is 0 Å². The standard InChI is InChI=1S/C11H16.C2H5N/c1-8(2)11-6-5-9(3)7-10(11)4;1-2-3/h5-8H,1-4H3;2H,1,3H2. The minimum Gasteiger partial charge on any atom is -0.405 e. The van der Waals surface area contributed by atoms with E-state index >= 15 is 0 Å². The van der Waals surface area contributed by atoms with Crippen molar-refractivity contribution in [1.82, 2.24) is 0 Å². The maximum atomic E-state index is 4.61. The Morgan fingerprint density at radius 1 is 1.29 bits per heavy atom. The maximum Gasteiger partial charge on any atom is -0.0136 e. The van der Waals surface area contributed by atoms with Gasteiger partial charge in [-0.05, 0) is 37.1 Å². The Morgan fingerprint density at radius 3 is 2.14 bits per heavy atom. The predicted octanol–water partition coefficient (Wildman–Crippen LogP) is 3.52. The van der Waals surface area contributed by atoms with Crippen LogP contribution in [0.3, 0.4) is 0 Å². The van der Waals surface area contributed by atoms with E-state index in [-0.39, 0.29) is 0 Å². The van der Waals surface area contributed by atoms with Crippen molar-refractivity contribution in [3.63, 3.8) is 0 Å². The number of hydrogen-bond acceptors (Lipinski definition) is 1. The van der Waals surface area contributed by atoms with Gasteiger partial charge in [-0.1, -0.05) is 44.2 Å². The zero-order valence-electron chi connectivity index (χ0n) is 9.67. The molecule has 0 aliphatic carbocycles. The van der Waals surface area contributed by atoms with Crippen LogP contribution in [0, 0.1) is 13.8 Å². The van der Waals surface area contributed by atoms with Gasteiger partial charge in [-0.2, -0.15) is 0 Å². The Balaban J connectivity index is 0.000000500. The quantitative estimate of drug-likeness (QED) is 0.722. The van der Waals surface area contributed by atoms with Gasteiger partial charge in [0.1, 0.15) is 0 Å². The van der Waals surface area contributed by atoms with E-state index < -0.39 is 0 Å². The lowest BCUT2D eigenvalue weighted by Crippen LogP contribution is -1.91. The molecule has 78 valence electrons. The first kappa shape index (κ1) is 12.8. The molecule has 0 atom stereocenters. The third-order valence-electron chi connectivity index (χ3n) is 2.05. The van der Waals surface area contributed by atoms with Gasteiger partial charge in [0.05, 0.1) is 0 Å². The Hall–Kier alpha value is -1.24. The fourth-order valence-electron chi connectivity index (χ4n) is 1.47. The van der Waals surface area contributed by atoms with E-state index in [0.717, 1.165) is 0 Å². The van der Waals surface area contributed by atoms with Crippen LogP contribution in [0.25, 0.3) is 0 Å². The highest BCUT2D eigenvalue weighted by atomic mass is 14.5. The summed E-state index contributed by atoms with van der Waals surface area (Å²) in [6.07, 6.45) is 1.25. The van der Waals surface area contributed by atoms with Gasteiger partial charge in [0, 0.05) is 0 Å². The molecule has 0 bridgehead atoms. The molecule has 1 aromatic carbocycles. The average molecular weight is 191 g/mol. The summed E-state index contributed by atoms with van der Waals surface area (Å²) >= 11 is 0. The summed E-state index contributed by atoms with van der Waals surface area (Å²) in [5.74, 6) is 0.649. The Bertz CT molecular complexity index is 287. The highest BCUT2D eigenvalue weighted by Gasteiger charge is 2.01. The average Bonchev–Trinajstić information content (AvgIpc) is 2.04. The molecule has 0 aliphatic rings. The molecular weight excluding hydrogens is 170 g/mol. The predicted molar refractivity (Wildman–Crippen MR) is 64.4 cm³/mol. The second-order valence-corrected chi connectivity index (χ2v) is 3.75. The Kier molecular flexibility index (Phi) is 5.70. The van der Waals surface area contributed by atoms with Crippen molar-refractivity contribution in [3.05, 3.63) is 47.7 Å². The lowest BCUT2D eigenvalue weighted by Gasteiger charge is -2.09. The molecule has 0 heterocycles. The van der Waals surface area contributed by atoms with Crippen LogP contribution in [0.2, 0.25) is 0 Å². The SMILES string of the molecule is C=CN.Cc1ccc(C(C)C)c(C)c1. The molecule has 0 saturated carbocycles. The first-order chi connectivity index (χ1) is 6.52. The van der Waals surface area contributed by atoms with Gasteiger partial charge in [0.2, 0.25) is 0 Å². The van der Waals surface area contributed by atoms with Crippen molar-refractivity contribution in [1.29, 1.82) is 0 Å². The number of nitrogens with two attached hydrogens (primary N) is 1. The summed E-state index contributed by atoms with van der Waals surface area (Å²) in [6, 6.07) is 6.66. The molecule has 0 aliphatic heterocycles. The molecule has 1 nitrogen and oxygen atoms in total. The minimum atomic E-state index is 0.649. The topological polar surface area (TPSA) is 26.0 Å². The van der Waals surface area contributed by atoms with Gasteiger partial charge in [-0.3, -0.25) is 0 Å². The molecule has 0 radical (unpaired) electrons. The third kappa shape index (κ3) is 4.13. The van der Waals surface area contributed by atoms with E-state index in [0.29, 0.717) is 5.92 Å². The van der Waals surface area contributed by atoms with Crippen molar-refractivity contribution in [2.24, 2.45) is 5.73 Å². The first-order valence-corrected chi connectivity index (χ1v) is 4.92. The molecule has 1 aromatic rings. The number of aryl methyl sites for hydroxylation is 2. The zero-order chi connectivity index (χ0) is 11.1. The van der Waals surface area contributed by atoms with Crippen LogP contribution in [-0.4, -0.2) is 0 Å². The van der Waals surface area contributed by atoms with E-state index in [4.69, 9.17) is 0 Å². The van der Waals surface area contributed by atoms with Crippen LogP contribution in [0.4, 0.5) is 0 Å². The lowest BCUT2D eigenvalue weighted by molar-refractivity contribution is 0.855. The highest BCUT2D eigenvalue weighted by molar-refractivity contribution is 5.32. The van der Waals surface area contributed by atoms with Crippen LogP contribution >= 0.6 is 0 Å². The fraction of sp³-hybridized carbons (Fsp3) is 0.385. The maximum absolute atomic E-state index is 4.61. The molecule has 0 amide bonds. The molecule has 2 N–H and O–H groups in total. The van der Waals surface area contributed by atoms with Crippen molar-refractivity contribution < 1.29 is 0 Å². The van der Waals surface area contributed by atoms with Crippen LogP contribution in [0.1, 0.15) is 36.5 Å². The molecular formula is C13H21N. The van der Waals surface area contributed by atoms with E-state index in [1.165, 1.54) is 22.9 Å². The molecule has 14 heavy (non-hydrogen) atoms. The summed E-state index contributed by atoms with van der Waals surface area (Å²) in [5, 5.41) is 0. The lowest BCUT2D eigenvalue weighted by atomic mass is 9.97. The highest BCUT2D eigenvalue weighted by Crippen LogP contribution is 2.19. The van der Waals surface area contributed by atoms with E-state index in [9.17, 15) is 0 Å². The third-order valence-corrected chi connectivity index (χ3v) is 2.05. The number of benzene rings is 1. The van der Waals surface area contributed by atoms with E-state index in [1.54, 1.807) is 0 Å². The summed E-state index contributed by atoms with van der Waals surface area (Å²) in [6.45, 7) is 11.9. The monoisotopic (exact) mass is 191 g/mol. The van der Waals surface area contributed by atoms with E-state index in [2.05, 4.69) is 58.2 Å². The summed E-state index contributed by atoms with van der Waals surface area (Å²) in [7, 11) is 0. The van der Waals surface area contributed by atoms with Gasteiger partial charge in [0.25, 0.3) is 0 Å². The summed E-state index contributed by atoms with van der Waals surface area (Å²) < 4.78 is 0. The van der Waals surface area contributed by atoms with Crippen LogP contribution in [0.15, 0.2) is 31.0 Å². The zero-order valence-corrected chi connectivity index (χ0v) is 9.67. The molecule has 0 spiro atoms. The smallest absolute Gasteiger partial charge is 0.0136 e. The van der Waals surface area contributed by atoms with Crippen molar-refractivity contribution in [2.45, 2.75) is 33.6 Å². The van der Waals surface area contributed by atoms with Gasteiger partial charge in [-0.15, -0.1) is 0 Å². The Morgan fingerprint density at radius 2 is 1.79 bits per heavy atom. The minimum absolute atomic E-state index is 0.649. The first-order valence-electron chi connectivity index (χ1n) is 4.92. The van der Waals surface area contributed by atoms with Gasteiger partial charge < -0.3 is 5.73 Å². The number of hydrogen-bond donors (Lipinski definition) is 1. The second-order valence-electron chi connectivity index (χ2n) is 3.75. The normalized spacial score (nSPS) is 9.21. The van der Waals surface area contributed by atoms with Crippen LogP contribution in [0.5, 0.6) is 0 Å². The van der Waals surface area contributed by atoms with Crippen molar-refractivity contribution in [3.8, 4) is 0 Å². The number of rotatable bonds is 1. The summed E-state index contributed by atoms with van der Waals surface area (Å²) in [4.78, 5) is 0. The molecule has 1 heteroatoms. The fourth-order valence-corrected chi connectivity index (χ4v) is 1.47. The summed E-state index contributed by atoms with van der Waals surface area (Å²) in [5.41, 5.74) is 8.85. The van der Waals surface area contributed by atoms with Crippen LogP contribution in [-0.2, 0) is 0 Å². The van der Waals surface area contributed by atoms with Crippen LogP contribution < -0.4 is 5.73 Å². The van der Waals surface area contributed by atoms with Crippen molar-refractivity contribution in [2.75, 3.05) is 0 Å². The largest absolute Gasteiger partial charge is 0.405 e. The molecule has 0 fully saturated rings. The molecule has 0 saturated heterocycles. The second kappa shape index (κ2) is 6.25. The molecule has 0 unspecified atom stereocenters. The van der Waals surface area contributed by atoms with E-state index in [1.807, 2.05) is 0 Å². The van der Waals surface area contributed by atoms with Crippen molar-refractivity contribution >= 4 is 0 Å². The molecule has 1 rings (SSSR count). The van der Waals surface area contributed by atoms with Gasteiger partial charge in [-0.25, -0.2) is 0 Å². The van der Waals surface area contributed by atoms with Gasteiger partial charge >= 0.3 is 0 Å².